The van der Waals surface area contributed by atoms with E-state index in [0.717, 1.165) is 18.8 Å². The Morgan fingerprint density at radius 1 is 0.938 bits per heavy atom. The van der Waals surface area contributed by atoms with Gasteiger partial charge in [-0.3, -0.25) is 4.79 Å². The first-order valence-corrected chi connectivity index (χ1v) is 6.82. The average molecular weight is 222 g/mol. The van der Waals surface area contributed by atoms with Crippen LogP contribution in [0.15, 0.2) is 0 Å². The maximum Gasteiger partial charge on any atom is 0.140 e. The molecule has 0 saturated heterocycles. The Bertz CT molecular complexity index is 279. The van der Waals surface area contributed by atoms with Crippen LogP contribution in [0.4, 0.5) is 0 Å². The Morgan fingerprint density at radius 3 is 1.75 bits per heavy atom. The number of Topliss-reactive ketones (excluding diaryl/α,β-unsaturated/α-hetero) is 1. The predicted molar refractivity (Wildman–Crippen MR) is 67.2 cm³/mol. The van der Waals surface area contributed by atoms with E-state index in [1.807, 2.05) is 0 Å². The molecule has 0 aliphatic heterocycles. The molecule has 0 N–H and O–H groups in total. The third-order valence-electron chi connectivity index (χ3n) is 5.72. The van der Waals surface area contributed by atoms with Gasteiger partial charge in [-0.2, -0.15) is 0 Å². The second-order valence-electron chi connectivity index (χ2n) is 7.24. The van der Waals surface area contributed by atoms with Crippen molar-refractivity contribution < 1.29 is 4.79 Å². The number of hydrogen-bond donors (Lipinski definition) is 0. The Labute approximate surface area is 100.0 Å². The van der Waals surface area contributed by atoms with E-state index in [9.17, 15) is 4.79 Å². The smallest absolute Gasteiger partial charge is 0.140 e. The highest BCUT2D eigenvalue weighted by Crippen LogP contribution is 2.69. The highest BCUT2D eigenvalue weighted by Gasteiger charge is 2.68. The van der Waals surface area contributed by atoms with Gasteiger partial charge in [0, 0.05) is 11.8 Å². The topological polar surface area (TPSA) is 17.1 Å². The molecule has 0 heterocycles. The molecule has 0 atom stereocenters. The van der Waals surface area contributed by atoms with Crippen molar-refractivity contribution in [2.45, 2.75) is 60.3 Å². The number of ketones is 1. The molecular weight excluding hydrogens is 196 g/mol. The monoisotopic (exact) mass is 222 g/mol. The summed E-state index contributed by atoms with van der Waals surface area (Å²) in [5.41, 5.74) is 0.459. The molecule has 1 nitrogen and oxygen atoms in total. The van der Waals surface area contributed by atoms with E-state index in [0.29, 0.717) is 17.6 Å². The molecule has 2 aliphatic rings. The van der Waals surface area contributed by atoms with E-state index < -0.39 is 0 Å². The first kappa shape index (κ1) is 12.1. The van der Waals surface area contributed by atoms with Gasteiger partial charge < -0.3 is 0 Å². The van der Waals surface area contributed by atoms with Crippen LogP contribution >= 0.6 is 0 Å². The summed E-state index contributed by atoms with van der Waals surface area (Å²) in [7, 11) is 0. The Morgan fingerprint density at radius 2 is 1.38 bits per heavy atom. The second kappa shape index (κ2) is 3.58. The lowest BCUT2D eigenvalue weighted by molar-refractivity contribution is -0.126. The zero-order valence-corrected chi connectivity index (χ0v) is 11.5. The van der Waals surface area contributed by atoms with Crippen molar-refractivity contribution >= 4 is 5.78 Å². The van der Waals surface area contributed by atoms with Crippen molar-refractivity contribution in [3.8, 4) is 0 Å². The average Bonchev–Trinajstić information content (AvgIpc) is 2.57. The van der Waals surface area contributed by atoms with Gasteiger partial charge in [-0.1, -0.05) is 47.5 Å². The maximum absolute atomic E-state index is 12.5. The Balaban J connectivity index is 2.00. The lowest BCUT2D eigenvalue weighted by Gasteiger charge is -2.25. The van der Waals surface area contributed by atoms with Gasteiger partial charge in [0.15, 0.2) is 0 Å². The van der Waals surface area contributed by atoms with Crippen LogP contribution in [-0.2, 0) is 4.79 Å². The van der Waals surface area contributed by atoms with Crippen LogP contribution in [0.1, 0.15) is 60.3 Å². The Hall–Kier alpha value is -0.330. The van der Waals surface area contributed by atoms with Crippen molar-refractivity contribution in [2.24, 2.45) is 28.6 Å². The van der Waals surface area contributed by atoms with Crippen molar-refractivity contribution in [3.05, 3.63) is 0 Å². The number of rotatable bonds is 2. The first-order chi connectivity index (χ1) is 7.28. The largest absolute Gasteiger partial charge is 0.299 e. The van der Waals surface area contributed by atoms with Gasteiger partial charge in [0.2, 0.25) is 0 Å². The van der Waals surface area contributed by atoms with E-state index in [4.69, 9.17) is 0 Å². The van der Waals surface area contributed by atoms with Gasteiger partial charge in [0.25, 0.3) is 0 Å². The number of carbonyl (C=O) groups is 1. The van der Waals surface area contributed by atoms with Crippen LogP contribution < -0.4 is 0 Å². The number of hydrogen-bond acceptors (Lipinski definition) is 1. The van der Waals surface area contributed by atoms with E-state index in [2.05, 4.69) is 34.6 Å². The molecule has 0 unspecified atom stereocenters. The molecule has 2 fully saturated rings. The minimum absolute atomic E-state index is 0.229. The van der Waals surface area contributed by atoms with Crippen molar-refractivity contribution in [3.63, 3.8) is 0 Å². The van der Waals surface area contributed by atoms with Crippen LogP contribution in [0.3, 0.4) is 0 Å². The maximum atomic E-state index is 12.5. The summed E-state index contributed by atoms with van der Waals surface area (Å²) < 4.78 is 0. The summed E-state index contributed by atoms with van der Waals surface area (Å²) in [5.74, 6) is 2.10. The lowest BCUT2D eigenvalue weighted by Crippen LogP contribution is -2.24. The van der Waals surface area contributed by atoms with Crippen molar-refractivity contribution in [1.82, 2.24) is 0 Å². The minimum Gasteiger partial charge on any atom is -0.299 e. The molecule has 2 rings (SSSR count). The summed E-state index contributed by atoms with van der Waals surface area (Å²) in [6, 6.07) is 0. The molecule has 92 valence electrons. The predicted octanol–water partition coefficient (Wildman–Crippen LogP) is 4.06. The van der Waals surface area contributed by atoms with Crippen LogP contribution in [0.5, 0.6) is 0 Å². The fourth-order valence-corrected chi connectivity index (χ4v) is 3.69. The molecular formula is C15H26O. The summed E-state index contributed by atoms with van der Waals surface area (Å²) in [6.07, 6.45) is 4.79. The van der Waals surface area contributed by atoms with E-state index in [-0.39, 0.29) is 10.8 Å². The number of carbonyl (C=O) groups excluding carboxylic acids is 1. The van der Waals surface area contributed by atoms with E-state index >= 15 is 0 Å². The fraction of sp³-hybridized carbons (Fsp3) is 0.933. The molecule has 0 radical (unpaired) electrons. The summed E-state index contributed by atoms with van der Waals surface area (Å²) in [4.78, 5) is 12.5. The highest BCUT2D eigenvalue weighted by atomic mass is 16.1. The molecule has 0 aromatic carbocycles. The van der Waals surface area contributed by atoms with Crippen LogP contribution in [-0.4, -0.2) is 5.78 Å². The molecule has 0 aromatic heterocycles. The summed E-state index contributed by atoms with van der Waals surface area (Å²) >= 11 is 0. The molecule has 16 heavy (non-hydrogen) atoms. The van der Waals surface area contributed by atoms with E-state index in [1.54, 1.807) is 0 Å². The zero-order chi connectivity index (χ0) is 12.1. The molecule has 0 amide bonds. The third kappa shape index (κ3) is 1.63. The first-order valence-electron chi connectivity index (χ1n) is 6.82. The van der Waals surface area contributed by atoms with Gasteiger partial charge in [-0.15, -0.1) is 0 Å². The van der Waals surface area contributed by atoms with Gasteiger partial charge in [0.1, 0.15) is 5.78 Å². The van der Waals surface area contributed by atoms with Crippen molar-refractivity contribution in [2.75, 3.05) is 0 Å². The molecule has 0 aromatic rings. The normalized spacial score (nSPS) is 37.1. The molecule has 0 bridgehead atoms. The molecule has 2 saturated carbocycles. The van der Waals surface area contributed by atoms with Crippen LogP contribution in [0.25, 0.3) is 0 Å². The fourth-order valence-electron chi connectivity index (χ4n) is 3.69. The standard InChI is InChI=1S/C15H26O/c1-10-6-8-11(9-7-10)12(16)13-14(2,3)15(13,4)5/h10-11,13H,6-9H2,1-5H3. The highest BCUT2D eigenvalue weighted by molar-refractivity contribution is 5.88. The SMILES string of the molecule is CC1CCC(C(=O)C2C(C)(C)C2(C)C)CC1. The van der Waals surface area contributed by atoms with Gasteiger partial charge in [0.05, 0.1) is 0 Å². The lowest BCUT2D eigenvalue weighted by atomic mass is 9.79. The Kier molecular flexibility index (Phi) is 2.72. The zero-order valence-electron chi connectivity index (χ0n) is 11.5. The summed E-state index contributed by atoms with van der Waals surface area (Å²) in [6.45, 7) is 11.3. The van der Waals surface area contributed by atoms with Crippen molar-refractivity contribution in [1.29, 1.82) is 0 Å². The summed E-state index contributed by atoms with van der Waals surface area (Å²) in [5, 5.41) is 0. The quantitative estimate of drug-likeness (QED) is 0.688. The van der Waals surface area contributed by atoms with Crippen LogP contribution in [0.2, 0.25) is 0 Å². The molecule has 1 heteroatoms. The second-order valence-corrected chi connectivity index (χ2v) is 7.24. The minimum atomic E-state index is 0.229. The van der Waals surface area contributed by atoms with Crippen LogP contribution in [0, 0.1) is 28.6 Å². The van der Waals surface area contributed by atoms with E-state index in [1.165, 1.54) is 12.8 Å². The third-order valence-corrected chi connectivity index (χ3v) is 5.72. The molecule has 0 spiro atoms. The van der Waals surface area contributed by atoms with Gasteiger partial charge in [-0.05, 0) is 29.6 Å². The van der Waals surface area contributed by atoms with Gasteiger partial charge in [-0.25, -0.2) is 0 Å². The molecule has 2 aliphatic carbocycles. The van der Waals surface area contributed by atoms with Gasteiger partial charge >= 0.3 is 0 Å².